The van der Waals surface area contributed by atoms with E-state index in [0.29, 0.717) is 23.0 Å². The molecule has 3 N–H and O–H groups in total. The minimum absolute atomic E-state index is 0.0931. The third kappa shape index (κ3) is 3.13. The molecule has 0 amide bonds. The van der Waals surface area contributed by atoms with Crippen LogP contribution in [-0.4, -0.2) is 41.0 Å². The van der Waals surface area contributed by atoms with Gasteiger partial charge in [-0.25, -0.2) is 14.6 Å². The van der Waals surface area contributed by atoms with Crippen molar-refractivity contribution in [2.24, 2.45) is 0 Å². The maximum Gasteiger partial charge on any atom is 0.243 e. The molecule has 0 fully saturated rings. The van der Waals surface area contributed by atoms with Crippen LogP contribution in [0.1, 0.15) is 18.4 Å². The first-order valence-corrected chi connectivity index (χ1v) is 10.1. The smallest absolute Gasteiger partial charge is 0.243 e. The van der Waals surface area contributed by atoms with E-state index in [-0.39, 0.29) is 11.8 Å². The standard InChI is InChI=1S/C20H22ClN7O/c1-29-14-7-4-6-13-17(14)25-20(22)28-19(13)24-16(26-28)11-27-10-3-2-5-12-8-9-15(21)23-18(12)27/h4,6-9,16,22,24,26H,2-3,5,10-11H2,1H3. The largest absolute Gasteiger partial charge is 0.494 e. The van der Waals surface area contributed by atoms with Gasteiger partial charge in [-0.15, -0.1) is 0 Å². The number of halogens is 1. The Kier molecular flexibility index (Phi) is 4.43. The van der Waals surface area contributed by atoms with E-state index in [1.165, 1.54) is 5.56 Å². The number of pyridine rings is 1. The summed E-state index contributed by atoms with van der Waals surface area (Å²) in [6.07, 6.45) is 3.16. The normalized spacial score (nSPS) is 17.9. The van der Waals surface area contributed by atoms with Gasteiger partial charge in [0.25, 0.3) is 0 Å². The quantitative estimate of drug-likeness (QED) is 0.574. The van der Waals surface area contributed by atoms with Crippen molar-refractivity contribution in [1.29, 1.82) is 5.41 Å². The molecule has 0 bridgehead atoms. The highest BCUT2D eigenvalue weighted by Crippen LogP contribution is 2.31. The van der Waals surface area contributed by atoms with Gasteiger partial charge in [0.05, 0.1) is 13.7 Å². The molecule has 1 unspecified atom stereocenters. The summed E-state index contributed by atoms with van der Waals surface area (Å²) in [6, 6.07) is 9.71. The number of benzene rings is 1. The minimum Gasteiger partial charge on any atom is -0.494 e. The molecule has 1 aromatic carbocycles. The van der Waals surface area contributed by atoms with Gasteiger partial charge in [-0.1, -0.05) is 23.7 Å². The summed E-state index contributed by atoms with van der Waals surface area (Å²) in [5, 5.41) is 13.3. The van der Waals surface area contributed by atoms with Gasteiger partial charge in [-0.05, 0) is 43.0 Å². The maximum atomic E-state index is 8.35. The molecular weight excluding hydrogens is 390 g/mol. The lowest BCUT2D eigenvalue weighted by Crippen LogP contribution is -2.42. The Bertz CT molecular complexity index is 1150. The summed E-state index contributed by atoms with van der Waals surface area (Å²) < 4.78 is 7.11. The number of aryl methyl sites for hydroxylation is 1. The summed E-state index contributed by atoms with van der Waals surface area (Å²) in [6.45, 7) is 1.61. The van der Waals surface area contributed by atoms with Crippen LogP contribution in [0.2, 0.25) is 5.15 Å². The number of anilines is 2. The molecule has 2 aromatic heterocycles. The van der Waals surface area contributed by atoms with Gasteiger partial charge in [0.1, 0.15) is 34.2 Å². The zero-order valence-corrected chi connectivity index (χ0v) is 16.8. The molecule has 0 radical (unpaired) electrons. The first-order valence-electron chi connectivity index (χ1n) is 9.72. The van der Waals surface area contributed by atoms with Crippen LogP contribution in [0.3, 0.4) is 0 Å². The van der Waals surface area contributed by atoms with Crippen LogP contribution in [0.15, 0.2) is 30.3 Å². The monoisotopic (exact) mass is 411 g/mol. The van der Waals surface area contributed by atoms with Crippen LogP contribution in [0, 0.1) is 5.41 Å². The highest BCUT2D eigenvalue weighted by Gasteiger charge is 2.27. The first-order chi connectivity index (χ1) is 14.1. The average molecular weight is 412 g/mol. The Morgan fingerprint density at radius 3 is 3.00 bits per heavy atom. The van der Waals surface area contributed by atoms with Crippen LogP contribution < -0.4 is 26.0 Å². The second kappa shape index (κ2) is 7.11. The second-order valence-corrected chi connectivity index (χ2v) is 7.71. The number of rotatable bonds is 3. The fourth-order valence-electron chi connectivity index (χ4n) is 4.13. The second-order valence-electron chi connectivity index (χ2n) is 7.32. The van der Waals surface area contributed by atoms with Crippen molar-refractivity contribution >= 4 is 34.1 Å². The topological polar surface area (TPSA) is 91.1 Å². The molecule has 3 aromatic rings. The Morgan fingerprint density at radius 2 is 2.14 bits per heavy atom. The van der Waals surface area contributed by atoms with Gasteiger partial charge in [-0.3, -0.25) is 10.8 Å². The Labute approximate surface area is 173 Å². The number of aromatic nitrogens is 3. The van der Waals surface area contributed by atoms with E-state index in [2.05, 4.69) is 31.7 Å². The van der Waals surface area contributed by atoms with E-state index in [9.17, 15) is 0 Å². The highest BCUT2D eigenvalue weighted by molar-refractivity contribution is 6.29. The van der Waals surface area contributed by atoms with E-state index in [4.69, 9.17) is 21.7 Å². The summed E-state index contributed by atoms with van der Waals surface area (Å²) in [5.74, 6) is 2.43. The Balaban J connectivity index is 1.47. The third-order valence-corrected chi connectivity index (χ3v) is 5.68. The molecule has 2 aliphatic rings. The molecule has 9 heteroatoms. The number of hydrogen-bond acceptors (Lipinski definition) is 7. The van der Waals surface area contributed by atoms with Crippen LogP contribution >= 0.6 is 11.6 Å². The van der Waals surface area contributed by atoms with Crippen molar-refractivity contribution in [2.45, 2.75) is 25.4 Å². The highest BCUT2D eigenvalue weighted by atomic mass is 35.5. The van der Waals surface area contributed by atoms with Crippen molar-refractivity contribution in [1.82, 2.24) is 14.6 Å². The molecule has 0 saturated heterocycles. The summed E-state index contributed by atoms with van der Waals surface area (Å²) >= 11 is 6.18. The van der Waals surface area contributed by atoms with Gasteiger partial charge < -0.3 is 15.0 Å². The van der Waals surface area contributed by atoms with Crippen LogP contribution in [-0.2, 0) is 6.42 Å². The molecule has 0 saturated carbocycles. The molecule has 4 heterocycles. The van der Waals surface area contributed by atoms with Crippen molar-refractivity contribution < 1.29 is 4.74 Å². The molecule has 5 rings (SSSR count). The molecule has 2 aliphatic heterocycles. The van der Waals surface area contributed by atoms with Crippen molar-refractivity contribution in [3.63, 3.8) is 0 Å². The fraction of sp³-hybridized carbons (Fsp3) is 0.350. The molecule has 8 nitrogen and oxygen atoms in total. The summed E-state index contributed by atoms with van der Waals surface area (Å²) in [7, 11) is 1.61. The van der Waals surface area contributed by atoms with E-state index in [1.807, 2.05) is 24.3 Å². The molecular formula is C20H22ClN7O. The number of hydrogen-bond donors (Lipinski definition) is 3. The lowest BCUT2D eigenvalue weighted by atomic mass is 10.1. The van der Waals surface area contributed by atoms with Gasteiger partial charge in [0, 0.05) is 11.9 Å². The predicted molar refractivity (Wildman–Crippen MR) is 113 cm³/mol. The zero-order chi connectivity index (χ0) is 20.0. The summed E-state index contributed by atoms with van der Waals surface area (Å²) in [5.41, 5.74) is 5.39. The van der Waals surface area contributed by atoms with E-state index >= 15 is 0 Å². The molecule has 1 atom stereocenters. The van der Waals surface area contributed by atoms with Gasteiger partial charge in [0.15, 0.2) is 0 Å². The van der Waals surface area contributed by atoms with Crippen molar-refractivity contribution in [3.05, 3.63) is 46.7 Å². The van der Waals surface area contributed by atoms with Gasteiger partial charge in [-0.2, -0.15) is 0 Å². The minimum atomic E-state index is -0.0931. The van der Waals surface area contributed by atoms with Crippen LogP contribution in [0.5, 0.6) is 5.75 Å². The van der Waals surface area contributed by atoms with Gasteiger partial charge in [0.2, 0.25) is 5.62 Å². The molecule has 0 aliphatic carbocycles. The summed E-state index contributed by atoms with van der Waals surface area (Å²) in [4.78, 5) is 11.3. The van der Waals surface area contributed by atoms with Gasteiger partial charge >= 0.3 is 0 Å². The fourth-order valence-corrected chi connectivity index (χ4v) is 4.27. The van der Waals surface area contributed by atoms with Crippen LogP contribution in [0.4, 0.5) is 11.6 Å². The number of para-hydroxylation sites is 1. The molecule has 29 heavy (non-hydrogen) atoms. The lowest BCUT2D eigenvalue weighted by molar-refractivity contribution is 0.418. The Hall–Kier alpha value is -3.00. The maximum absolute atomic E-state index is 8.35. The predicted octanol–water partition coefficient (Wildman–Crippen LogP) is 2.71. The number of nitrogens with one attached hydrogen (secondary N) is 3. The third-order valence-electron chi connectivity index (χ3n) is 5.47. The van der Waals surface area contributed by atoms with Crippen LogP contribution in [0.25, 0.3) is 10.9 Å². The van der Waals surface area contributed by atoms with E-state index < -0.39 is 0 Å². The SMILES string of the molecule is COc1cccc2c3n(c(=N)nc12)NC(CN1CCCCc2ccc(Cl)nc21)N3. The number of nitrogens with zero attached hydrogens (tertiary/aromatic N) is 4. The lowest BCUT2D eigenvalue weighted by Gasteiger charge is -2.27. The number of ether oxygens (including phenoxy) is 1. The average Bonchev–Trinajstić information content (AvgIpc) is 3.06. The molecule has 0 spiro atoms. The Morgan fingerprint density at radius 1 is 1.24 bits per heavy atom. The molecule has 150 valence electrons. The zero-order valence-electron chi connectivity index (χ0n) is 16.1. The number of fused-ring (bicyclic) bond motifs is 4. The van der Waals surface area contributed by atoms with Crippen molar-refractivity contribution in [2.75, 3.05) is 35.8 Å². The number of methoxy groups -OCH3 is 1. The van der Waals surface area contributed by atoms with Crippen molar-refractivity contribution in [3.8, 4) is 5.75 Å². The first kappa shape index (κ1) is 18.1. The van der Waals surface area contributed by atoms with E-state index in [1.54, 1.807) is 11.8 Å². The van der Waals surface area contributed by atoms with E-state index in [0.717, 1.165) is 42.8 Å².